The van der Waals surface area contributed by atoms with Crippen LogP contribution in [0.25, 0.3) is 0 Å². The number of carbonyl (C=O) groups is 1. The molecular formula is C13H26N2O3. The maximum Gasteiger partial charge on any atom is 0.234 e. The molecule has 3 N–H and O–H groups in total. The van der Waals surface area contributed by atoms with Crippen LogP contribution in [0.2, 0.25) is 0 Å². The highest BCUT2D eigenvalue weighted by Crippen LogP contribution is 2.19. The summed E-state index contributed by atoms with van der Waals surface area (Å²) in [4.78, 5) is 11.8. The third kappa shape index (κ3) is 4.55. The van der Waals surface area contributed by atoms with E-state index in [1.165, 1.54) is 0 Å². The van der Waals surface area contributed by atoms with E-state index in [9.17, 15) is 9.90 Å². The Morgan fingerprint density at radius 1 is 1.28 bits per heavy atom. The van der Waals surface area contributed by atoms with E-state index in [4.69, 9.17) is 4.74 Å². The van der Waals surface area contributed by atoms with Crippen molar-refractivity contribution in [2.45, 2.75) is 57.7 Å². The molecule has 0 radical (unpaired) electrons. The van der Waals surface area contributed by atoms with Crippen molar-refractivity contribution in [1.82, 2.24) is 10.6 Å². The highest BCUT2D eigenvalue weighted by Gasteiger charge is 2.34. The van der Waals surface area contributed by atoms with Gasteiger partial charge in [0.2, 0.25) is 5.91 Å². The Morgan fingerprint density at radius 3 is 2.33 bits per heavy atom. The molecular weight excluding hydrogens is 232 g/mol. The fourth-order valence-electron chi connectivity index (χ4n) is 1.64. The minimum Gasteiger partial charge on any atom is -0.389 e. The summed E-state index contributed by atoms with van der Waals surface area (Å²) < 4.78 is 5.24. The van der Waals surface area contributed by atoms with Gasteiger partial charge >= 0.3 is 0 Å². The summed E-state index contributed by atoms with van der Waals surface area (Å²) >= 11 is 0. The number of hydrogen-bond donors (Lipinski definition) is 3. The zero-order valence-corrected chi connectivity index (χ0v) is 11.9. The fourth-order valence-corrected chi connectivity index (χ4v) is 1.64. The average Bonchev–Trinajstić information content (AvgIpc) is 2.26. The predicted octanol–water partition coefficient (Wildman–Crippen LogP) is 0.421. The molecule has 1 aliphatic rings. The molecule has 0 atom stereocenters. The van der Waals surface area contributed by atoms with Crippen molar-refractivity contribution in [1.29, 1.82) is 0 Å². The maximum atomic E-state index is 11.8. The summed E-state index contributed by atoms with van der Waals surface area (Å²) in [5, 5.41) is 16.0. The number of hydrogen-bond acceptors (Lipinski definition) is 4. The van der Waals surface area contributed by atoms with E-state index >= 15 is 0 Å². The lowest BCUT2D eigenvalue weighted by Gasteiger charge is -2.38. The summed E-state index contributed by atoms with van der Waals surface area (Å²) in [5.41, 5.74) is -1.40. The van der Waals surface area contributed by atoms with Gasteiger partial charge in [-0.15, -0.1) is 0 Å². The summed E-state index contributed by atoms with van der Waals surface area (Å²) in [6.07, 6.45) is 1.75. The van der Waals surface area contributed by atoms with Gasteiger partial charge in [0.05, 0.1) is 12.1 Å². The minimum atomic E-state index is -0.883. The molecule has 0 bridgehead atoms. The second-order valence-electron chi connectivity index (χ2n) is 5.99. The van der Waals surface area contributed by atoms with Crippen molar-refractivity contribution in [3.8, 4) is 0 Å². The largest absolute Gasteiger partial charge is 0.389 e. The average molecular weight is 258 g/mol. The van der Waals surface area contributed by atoms with Gasteiger partial charge < -0.3 is 20.5 Å². The standard InChI is InChI=1S/C13H26N2O3/c1-12(2,13(3,4)17)14-9-11(16)15-10-5-7-18-8-6-10/h10,14,17H,5-9H2,1-4H3,(H,15,16). The van der Waals surface area contributed by atoms with E-state index in [1.54, 1.807) is 13.8 Å². The third-order valence-corrected chi connectivity index (χ3v) is 3.81. The molecule has 18 heavy (non-hydrogen) atoms. The first-order chi connectivity index (χ1) is 8.22. The summed E-state index contributed by atoms with van der Waals surface area (Å²) in [6.45, 7) is 8.88. The Kier molecular flexibility index (Phi) is 5.13. The Hall–Kier alpha value is -0.650. The van der Waals surface area contributed by atoms with Gasteiger partial charge in [-0.25, -0.2) is 0 Å². The van der Waals surface area contributed by atoms with Crippen LogP contribution in [0.15, 0.2) is 0 Å². The molecule has 0 unspecified atom stereocenters. The molecule has 0 aromatic heterocycles. The molecule has 0 spiro atoms. The molecule has 106 valence electrons. The van der Waals surface area contributed by atoms with Crippen molar-refractivity contribution in [2.75, 3.05) is 19.8 Å². The van der Waals surface area contributed by atoms with E-state index in [2.05, 4.69) is 10.6 Å². The first-order valence-electron chi connectivity index (χ1n) is 6.57. The van der Waals surface area contributed by atoms with E-state index in [-0.39, 0.29) is 18.5 Å². The molecule has 0 aliphatic carbocycles. The minimum absolute atomic E-state index is 0.0285. The molecule has 0 saturated carbocycles. The normalized spacial score (nSPS) is 18.7. The molecule has 1 rings (SSSR count). The first-order valence-corrected chi connectivity index (χ1v) is 6.57. The Bertz CT molecular complexity index is 278. The zero-order chi connectivity index (χ0) is 13.8. The maximum absolute atomic E-state index is 11.8. The van der Waals surface area contributed by atoms with Gasteiger partial charge in [-0.3, -0.25) is 4.79 Å². The van der Waals surface area contributed by atoms with Gasteiger partial charge in [-0.1, -0.05) is 0 Å². The predicted molar refractivity (Wildman–Crippen MR) is 70.4 cm³/mol. The molecule has 1 amide bonds. The number of rotatable bonds is 5. The van der Waals surface area contributed by atoms with Crippen LogP contribution in [0.5, 0.6) is 0 Å². The van der Waals surface area contributed by atoms with Gasteiger partial charge in [-0.05, 0) is 40.5 Å². The van der Waals surface area contributed by atoms with Gasteiger partial charge in [0, 0.05) is 24.8 Å². The number of aliphatic hydroxyl groups is 1. The van der Waals surface area contributed by atoms with Gasteiger partial charge in [0.25, 0.3) is 0 Å². The molecule has 5 nitrogen and oxygen atoms in total. The van der Waals surface area contributed by atoms with Gasteiger partial charge in [0.1, 0.15) is 0 Å². The van der Waals surface area contributed by atoms with Crippen LogP contribution in [0, 0.1) is 0 Å². The monoisotopic (exact) mass is 258 g/mol. The number of nitrogens with one attached hydrogen (secondary N) is 2. The lowest BCUT2D eigenvalue weighted by molar-refractivity contribution is -0.122. The van der Waals surface area contributed by atoms with E-state index in [0.717, 1.165) is 12.8 Å². The van der Waals surface area contributed by atoms with Crippen molar-refractivity contribution in [3.63, 3.8) is 0 Å². The van der Waals surface area contributed by atoms with Crippen LogP contribution >= 0.6 is 0 Å². The number of amides is 1. The third-order valence-electron chi connectivity index (χ3n) is 3.81. The SMILES string of the molecule is CC(C)(O)C(C)(C)NCC(=O)NC1CCOCC1. The van der Waals surface area contributed by atoms with Gasteiger partial charge in [-0.2, -0.15) is 0 Å². The van der Waals surface area contributed by atoms with E-state index in [1.807, 2.05) is 13.8 Å². The van der Waals surface area contributed by atoms with Crippen LogP contribution in [0.4, 0.5) is 0 Å². The smallest absolute Gasteiger partial charge is 0.234 e. The van der Waals surface area contributed by atoms with Crippen LogP contribution in [-0.2, 0) is 9.53 Å². The number of carbonyl (C=O) groups excluding carboxylic acids is 1. The zero-order valence-electron chi connectivity index (χ0n) is 11.9. The molecule has 1 aliphatic heterocycles. The molecule has 5 heteroatoms. The molecule has 0 aromatic rings. The highest BCUT2D eigenvalue weighted by molar-refractivity contribution is 5.78. The fraction of sp³-hybridized carbons (Fsp3) is 0.923. The Labute approximate surface area is 109 Å². The first kappa shape index (κ1) is 15.4. The molecule has 1 heterocycles. The lowest BCUT2D eigenvalue weighted by atomic mass is 9.86. The summed E-state index contributed by atoms with van der Waals surface area (Å²) in [5.74, 6) is -0.0285. The molecule has 1 fully saturated rings. The quantitative estimate of drug-likeness (QED) is 0.668. The second kappa shape index (κ2) is 5.99. The van der Waals surface area contributed by atoms with E-state index < -0.39 is 11.1 Å². The highest BCUT2D eigenvalue weighted by atomic mass is 16.5. The Balaban J connectivity index is 2.32. The molecule has 1 saturated heterocycles. The topological polar surface area (TPSA) is 70.6 Å². The van der Waals surface area contributed by atoms with Gasteiger partial charge in [0.15, 0.2) is 0 Å². The number of ether oxygens (including phenoxy) is 1. The second-order valence-corrected chi connectivity index (χ2v) is 5.99. The Morgan fingerprint density at radius 2 is 1.83 bits per heavy atom. The van der Waals surface area contributed by atoms with Crippen LogP contribution in [0.1, 0.15) is 40.5 Å². The summed E-state index contributed by atoms with van der Waals surface area (Å²) in [6, 6.07) is 0.221. The van der Waals surface area contributed by atoms with Crippen LogP contribution < -0.4 is 10.6 Å². The van der Waals surface area contributed by atoms with Crippen LogP contribution in [-0.4, -0.2) is 48.0 Å². The van der Waals surface area contributed by atoms with Crippen molar-refractivity contribution in [2.24, 2.45) is 0 Å². The van der Waals surface area contributed by atoms with Crippen molar-refractivity contribution >= 4 is 5.91 Å². The summed E-state index contributed by atoms with van der Waals surface area (Å²) in [7, 11) is 0. The van der Waals surface area contributed by atoms with E-state index in [0.29, 0.717) is 13.2 Å². The van der Waals surface area contributed by atoms with Crippen molar-refractivity contribution in [3.05, 3.63) is 0 Å². The lowest BCUT2D eigenvalue weighted by Crippen LogP contribution is -2.58. The molecule has 0 aromatic carbocycles. The van der Waals surface area contributed by atoms with Crippen molar-refractivity contribution < 1.29 is 14.6 Å². The van der Waals surface area contributed by atoms with Crippen LogP contribution in [0.3, 0.4) is 0 Å².